The molecule has 1 fully saturated rings. The van der Waals surface area contributed by atoms with E-state index in [4.69, 9.17) is 0 Å². The normalized spacial score (nSPS) is 17.1. The summed E-state index contributed by atoms with van der Waals surface area (Å²) in [6.45, 7) is 0.638. The van der Waals surface area contributed by atoms with E-state index in [1.54, 1.807) is 6.07 Å². The van der Waals surface area contributed by atoms with Gasteiger partial charge in [0.2, 0.25) is 5.82 Å². The molecule has 5 heteroatoms. The molecule has 1 aliphatic carbocycles. The largest absolute Gasteiger partial charge is 0.304 e. The Kier molecular flexibility index (Phi) is 5.06. The molecule has 110 valence electrons. The van der Waals surface area contributed by atoms with Crippen LogP contribution in [0.25, 0.3) is 0 Å². The molecule has 0 saturated heterocycles. The summed E-state index contributed by atoms with van der Waals surface area (Å²) in [6, 6.07) is 4.72. The van der Waals surface area contributed by atoms with Crippen LogP contribution in [0.3, 0.4) is 0 Å². The molecule has 1 aliphatic rings. The Morgan fingerprint density at radius 3 is 2.50 bits per heavy atom. The predicted octanol–water partition coefficient (Wildman–Crippen LogP) is 3.89. The van der Waals surface area contributed by atoms with E-state index in [-0.39, 0.29) is 0 Å². The fourth-order valence-corrected chi connectivity index (χ4v) is 2.91. The number of rotatable bonds is 4. The molecular weight excluding hydrogens is 259 g/mol. The molecule has 20 heavy (non-hydrogen) atoms. The Hall–Kier alpha value is -1.49. The van der Waals surface area contributed by atoms with Gasteiger partial charge in [0.15, 0.2) is 0 Å². The van der Waals surface area contributed by atoms with Crippen LogP contribution in [-0.4, -0.2) is 22.9 Å². The van der Waals surface area contributed by atoms with Crippen LogP contribution in [-0.2, 0) is 6.54 Å². The standard InChI is InChI=1S/C15H21FN2O2/c1-17(13-6-4-2-3-5-7-13)11-12-8-9-15(18(19)20)14(16)10-12/h8-10,13H,2-7,11H2,1H3. The predicted molar refractivity (Wildman–Crippen MR) is 76.0 cm³/mol. The summed E-state index contributed by atoms with van der Waals surface area (Å²) in [4.78, 5) is 12.2. The fourth-order valence-electron chi connectivity index (χ4n) is 2.91. The summed E-state index contributed by atoms with van der Waals surface area (Å²) in [5, 5.41) is 10.6. The summed E-state index contributed by atoms with van der Waals surface area (Å²) in [5.74, 6) is -0.748. The molecule has 0 N–H and O–H groups in total. The summed E-state index contributed by atoms with van der Waals surface area (Å²) >= 11 is 0. The number of nitro benzene ring substituents is 1. The van der Waals surface area contributed by atoms with E-state index in [1.807, 2.05) is 0 Å². The van der Waals surface area contributed by atoms with Crippen LogP contribution < -0.4 is 0 Å². The zero-order chi connectivity index (χ0) is 14.5. The van der Waals surface area contributed by atoms with Gasteiger partial charge in [0.05, 0.1) is 4.92 Å². The third-order valence-corrected chi connectivity index (χ3v) is 4.09. The minimum absolute atomic E-state index is 0.453. The van der Waals surface area contributed by atoms with Crippen LogP contribution in [0.15, 0.2) is 18.2 Å². The second-order valence-electron chi connectivity index (χ2n) is 5.60. The number of nitro groups is 1. The van der Waals surface area contributed by atoms with E-state index in [1.165, 1.54) is 50.7 Å². The second kappa shape index (κ2) is 6.79. The topological polar surface area (TPSA) is 46.4 Å². The first-order valence-electron chi connectivity index (χ1n) is 7.21. The van der Waals surface area contributed by atoms with Gasteiger partial charge in [0.25, 0.3) is 0 Å². The van der Waals surface area contributed by atoms with Crippen molar-refractivity contribution in [3.8, 4) is 0 Å². The van der Waals surface area contributed by atoms with Gasteiger partial charge in [-0.1, -0.05) is 31.7 Å². The maximum absolute atomic E-state index is 13.6. The van der Waals surface area contributed by atoms with Gasteiger partial charge in [-0.05, 0) is 31.5 Å². The molecule has 1 saturated carbocycles. The summed E-state index contributed by atoms with van der Waals surface area (Å²) in [7, 11) is 2.05. The van der Waals surface area contributed by atoms with Gasteiger partial charge < -0.3 is 0 Å². The summed E-state index contributed by atoms with van der Waals surface area (Å²) < 4.78 is 13.6. The number of nitrogens with zero attached hydrogens (tertiary/aromatic N) is 2. The van der Waals surface area contributed by atoms with Crippen molar-refractivity contribution in [2.24, 2.45) is 0 Å². The smallest absolute Gasteiger partial charge is 0.299 e. The van der Waals surface area contributed by atoms with Crippen LogP contribution >= 0.6 is 0 Å². The fraction of sp³-hybridized carbons (Fsp3) is 0.600. The lowest BCUT2D eigenvalue weighted by Crippen LogP contribution is -2.30. The number of hydrogen-bond donors (Lipinski definition) is 0. The van der Waals surface area contributed by atoms with Crippen molar-refractivity contribution < 1.29 is 9.31 Å². The molecule has 0 unspecified atom stereocenters. The molecule has 0 radical (unpaired) electrons. The zero-order valence-corrected chi connectivity index (χ0v) is 11.8. The molecule has 0 bridgehead atoms. The molecular formula is C15H21FN2O2. The minimum atomic E-state index is -0.748. The number of benzene rings is 1. The molecule has 0 aliphatic heterocycles. The van der Waals surface area contributed by atoms with Crippen LogP contribution in [0.5, 0.6) is 0 Å². The number of hydrogen-bond acceptors (Lipinski definition) is 3. The highest BCUT2D eigenvalue weighted by Crippen LogP contribution is 2.23. The minimum Gasteiger partial charge on any atom is -0.299 e. The van der Waals surface area contributed by atoms with Crippen molar-refractivity contribution in [3.05, 3.63) is 39.7 Å². The van der Waals surface area contributed by atoms with Gasteiger partial charge >= 0.3 is 5.69 Å². The van der Waals surface area contributed by atoms with Crippen molar-refractivity contribution in [3.63, 3.8) is 0 Å². The maximum atomic E-state index is 13.6. The second-order valence-corrected chi connectivity index (χ2v) is 5.60. The Morgan fingerprint density at radius 2 is 1.95 bits per heavy atom. The van der Waals surface area contributed by atoms with Crippen LogP contribution in [0.2, 0.25) is 0 Å². The molecule has 4 nitrogen and oxygen atoms in total. The molecule has 2 rings (SSSR count). The van der Waals surface area contributed by atoms with E-state index < -0.39 is 16.4 Å². The van der Waals surface area contributed by atoms with Gasteiger partial charge in [0, 0.05) is 18.7 Å². The van der Waals surface area contributed by atoms with Crippen LogP contribution in [0, 0.1) is 15.9 Å². The third kappa shape index (κ3) is 3.76. The lowest BCUT2D eigenvalue weighted by Gasteiger charge is -2.27. The zero-order valence-electron chi connectivity index (χ0n) is 11.8. The molecule has 0 amide bonds. The Bertz CT molecular complexity index is 471. The SMILES string of the molecule is CN(Cc1ccc([N+](=O)[O-])c(F)c1)C1CCCCCC1. The first-order chi connectivity index (χ1) is 9.58. The highest BCUT2D eigenvalue weighted by Gasteiger charge is 2.19. The molecule has 1 aromatic rings. The van der Waals surface area contributed by atoms with Crippen molar-refractivity contribution in [1.29, 1.82) is 0 Å². The van der Waals surface area contributed by atoms with E-state index in [2.05, 4.69) is 11.9 Å². The third-order valence-electron chi connectivity index (χ3n) is 4.09. The average molecular weight is 280 g/mol. The molecule has 0 spiro atoms. The first-order valence-corrected chi connectivity index (χ1v) is 7.21. The maximum Gasteiger partial charge on any atom is 0.304 e. The van der Waals surface area contributed by atoms with Crippen molar-refractivity contribution >= 4 is 5.69 Å². The lowest BCUT2D eigenvalue weighted by atomic mass is 10.1. The van der Waals surface area contributed by atoms with Gasteiger partial charge in [-0.25, -0.2) is 0 Å². The quantitative estimate of drug-likeness (QED) is 0.477. The van der Waals surface area contributed by atoms with E-state index >= 15 is 0 Å². The first kappa shape index (κ1) is 14.9. The Morgan fingerprint density at radius 1 is 1.30 bits per heavy atom. The Balaban J connectivity index is 2.01. The van der Waals surface area contributed by atoms with E-state index in [0.717, 1.165) is 5.56 Å². The lowest BCUT2D eigenvalue weighted by molar-refractivity contribution is -0.387. The average Bonchev–Trinajstić information content (AvgIpc) is 2.67. The van der Waals surface area contributed by atoms with Crippen molar-refractivity contribution in [1.82, 2.24) is 4.90 Å². The molecule has 1 aromatic carbocycles. The van der Waals surface area contributed by atoms with Crippen molar-refractivity contribution in [2.75, 3.05) is 7.05 Å². The van der Waals surface area contributed by atoms with Gasteiger partial charge in [-0.3, -0.25) is 15.0 Å². The monoisotopic (exact) mass is 280 g/mol. The Labute approximate surface area is 118 Å². The van der Waals surface area contributed by atoms with E-state index in [0.29, 0.717) is 12.6 Å². The molecule has 0 atom stereocenters. The van der Waals surface area contributed by atoms with Crippen LogP contribution in [0.1, 0.15) is 44.1 Å². The van der Waals surface area contributed by atoms with Gasteiger partial charge in [-0.15, -0.1) is 0 Å². The summed E-state index contributed by atoms with van der Waals surface area (Å²) in [5.41, 5.74) is 0.339. The van der Waals surface area contributed by atoms with Crippen molar-refractivity contribution in [2.45, 2.75) is 51.1 Å². The van der Waals surface area contributed by atoms with E-state index in [9.17, 15) is 14.5 Å². The summed E-state index contributed by atoms with van der Waals surface area (Å²) in [6.07, 6.45) is 7.48. The molecule has 0 heterocycles. The highest BCUT2D eigenvalue weighted by molar-refractivity contribution is 5.34. The number of halogens is 1. The van der Waals surface area contributed by atoms with Gasteiger partial charge in [0.1, 0.15) is 0 Å². The highest BCUT2D eigenvalue weighted by atomic mass is 19.1. The van der Waals surface area contributed by atoms with Crippen LogP contribution in [0.4, 0.5) is 10.1 Å². The van der Waals surface area contributed by atoms with Gasteiger partial charge in [-0.2, -0.15) is 4.39 Å². The molecule has 0 aromatic heterocycles.